The van der Waals surface area contributed by atoms with Crippen LogP contribution in [0.3, 0.4) is 0 Å². The number of rotatable bonds is 6. The van der Waals surface area contributed by atoms with Crippen LogP contribution in [0.4, 0.5) is 0 Å². The first-order chi connectivity index (χ1) is 39.8. The van der Waals surface area contributed by atoms with E-state index in [9.17, 15) is 10.5 Å². The van der Waals surface area contributed by atoms with Crippen molar-refractivity contribution in [2.45, 2.75) is 231 Å². The lowest BCUT2D eigenvalue weighted by molar-refractivity contribution is 0.158. The molecule has 0 unspecified atom stereocenters. The van der Waals surface area contributed by atoms with Gasteiger partial charge in [-0.2, -0.15) is 10.5 Å². The van der Waals surface area contributed by atoms with Gasteiger partial charge >= 0.3 is 0 Å². The third kappa shape index (κ3) is 6.84. The molecule has 0 atom stereocenters. The first-order valence-electron chi connectivity index (χ1n) is 32.7. The maximum absolute atomic E-state index is 11.6. The number of nitriles is 2. The fraction of sp³-hybridized carbons (Fsp3) is 0.450. The molecular weight excluding hydrogens is 1000 g/mol. The average molecular weight is 1090 g/mol. The largest absolute Gasteiger partial charge is 0.308 e. The molecule has 0 amide bonds. The van der Waals surface area contributed by atoms with E-state index in [1.165, 1.54) is 195 Å². The van der Waals surface area contributed by atoms with Crippen LogP contribution >= 0.6 is 0 Å². The molecule has 0 fully saturated rings. The minimum absolute atomic E-state index is 0.366. The van der Waals surface area contributed by atoms with E-state index in [0.29, 0.717) is 47.3 Å². The molecule has 2 heterocycles. The van der Waals surface area contributed by atoms with Crippen molar-refractivity contribution in [3.05, 3.63) is 157 Å². The second-order valence-corrected chi connectivity index (χ2v) is 29.7. The Hall–Kier alpha value is -6.68. The molecule has 0 saturated carbocycles. The number of nitrogens with zero attached hydrogens (tertiary/aromatic N) is 3. The van der Waals surface area contributed by atoms with E-state index in [1.54, 1.807) is 0 Å². The second kappa shape index (κ2) is 18.4. The van der Waals surface area contributed by atoms with Gasteiger partial charge in [-0.15, -0.1) is 0 Å². The summed E-state index contributed by atoms with van der Waals surface area (Å²) in [7, 11) is 0. The molecule has 0 radical (unpaired) electrons. The SMILES string of the molecule is CC(C)c1cccc(C(C)C)c1-c1ccc2c(c1)C(C)(C)C1(C)c3c-2c2c4c5c(c(C#N)cc4n4c6cc(C#N)c7c(c6c(c3-c3ccc(-c6c(C(C)C)cccc6C(C)C)cc3C1(C)C)c24)C1CCCC7CCC1)C1CCCC5CCC1. The number of hydrogen-bond acceptors (Lipinski definition) is 2. The first-order valence-corrected chi connectivity index (χ1v) is 32.7. The Bertz CT molecular complexity index is 4010. The molecule has 0 spiro atoms. The van der Waals surface area contributed by atoms with Gasteiger partial charge in [-0.3, -0.25) is 0 Å². The fourth-order valence-corrected chi connectivity index (χ4v) is 19.8. The predicted molar refractivity (Wildman–Crippen MR) is 348 cm³/mol. The topological polar surface area (TPSA) is 52.0 Å². The smallest absolute Gasteiger partial charge is 0.0995 e. The summed E-state index contributed by atoms with van der Waals surface area (Å²) in [4.78, 5) is 0. The van der Waals surface area contributed by atoms with Gasteiger partial charge in [0.05, 0.1) is 39.8 Å². The van der Waals surface area contributed by atoms with Crippen molar-refractivity contribution in [3.63, 3.8) is 0 Å². The van der Waals surface area contributed by atoms with Crippen LogP contribution in [0.1, 0.15) is 287 Å². The zero-order chi connectivity index (χ0) is 57.7. The molecule has 15 rings (SSSR count). The summed E-state index contributed by atoms with van der Waals surface area (Å²) in [6.07, 6.45) is 14.1. The Balaban J connectivity index is 1.22. The molecule has 4 bridgehead atoms. The molecule has 2 aromatic heterocycles. The van der Waals surface area contributed by atoms with E-state index in [0.717, 1.165) is 36.8 Å². The molecule has 6 aliphatic rings. The van der Waals surface area contributed by atoms with Crippen molar-refractivity contribution >= 4 is 38.1 Å². The molecule has 0 N–H and O–H groups in total. The summed E-state index contributed by atoms with van der Waals surface area (Å²) in [5.41, 5.74) is 31.1. The van der Waals surface area contributed by atoms with Crippen LogP contribution in [0.25, 0.3) is 82.6 Å². The molecular formula is C80H85N3. The van der Waals surface area contributed by atoms with Gasteiger partial charge < -0.3 is 4.40 Å². The highest BCUT2D eigenvalue weighted by Gasteiger charge is 2.62. The molecule has 7 aromatic carbocycles. The fourth-order valence-electron chi connectivity index (χ4n) is 19.8. The predicted octanol–water partition coefficient (Wildman–Crippen LogP) is 22.7. The Morgan fingerprint density at radius 2 is 0.759 bits per heavy atom. The molecule has 83 heavy (non-hydrogen) atoms. The maximum atomic E-state index is 11.6. The van der Waals surface area contributed by atoms with Gasteiger partial charge in [0.25, 0.3) is 0 Å². The minimum atomic E-state index is -0.445. The Labute approximate surface area is 494 Å². The van der Waals surface area contributed by atoms with Gasteiger partial charge in [-0.05, 0) is 229 Å². The molecule has 6 aliphatic carbocycles. The van der Waals surface area contributed by atoms with Crippen LogP contribution < -0.4 is 0 Å². The molecule has 3 nitrogen and oxygen atoms in total. The highest BCUT2D eigenvalue weighted by molar-refractivity contribution is 6.34. The van der Waals surface area contributed by atoms with Crippen LogP contribution in [0.15, 0.2) is 84.9 Å². The van der Waals surface area contributed by atoms with Crippen LogP contribution in [-0.4, -0.2) is 4.40 Å². The summed E-state index contributed by atoms with van der Waals surface area (Å²) in [6.45, 7) is 32.2. The van der Waals surface area contributed by atoms with Crippen LogP contribution in [-0.2, 0) is 16.2 Å². The van der Waals surface area contributed by atoms with Gasteiger partial charge in [-0.25, -0.2) is 0 Å². The standard InChI is InChI=1S/C80H85N3/c1-42(2)54-28-18-29-55(43(3)4)66(54)50-32-34-58-60(36-50)78(9,10)80(13)76-70(58)74-72-62(38-52(40-81)64-46-20-14-24-48(68(64)72)25-15-21-46)83-63-39-53(41-82)65-47-22-16-26-49(27-17-23-47)69(65)73(63)75(77(74)83)71(76)59-35-33-51(37-61(59)79(80,11)12)67-56(44(5)6)30-19-31-57(67)45(7)8/h18-19,28-39,42-49H,14-17,20-27H2,1-13H3. The highest BCUT2D eigenvalue weighted by atomic mass is 14.9. The number of benzene rings is 7. The Morgan fingerprint density at radius 3 is 1.08 bits per heavy atom. The second-order valence-electron chi connectivity index (χ2n) is 29.7. The van der Waals surface area contributed by atoms with Crippen molar-refractivity contribution in [1.82, 2.24) is 4.40 Å². The van der Waals surface area contributed by atoms with E-state index < -0.39 is 5.41 Å². The van der Waals surface area contributed by atoms with Gasteiger partial charge in [0.2, 0.25) is 0 Å². The zero-order valence-electron chi connectivity index (χ0n) is 52.0. The van der Waals surface area contributed by atoms with Gasteiger partial charge in [0.15, 0.2) is 0 Å². The maximum Gasteiger partial charge on any atom is 0.0995 e. The molecule has 0 aliphatic heterocycles. The lowest BCUT2D eigenvalue weighted by Gasteiger charge is -2.61. The first kappa shape index (κ1) is 53.1. The van der Waals surface area contributed by atoms with Gasteiger partial charge in [0, 0.05) is 37.8 Å². The van der Waals surface area contributed by atoms with E-state index >= 15 is 0 Å². The van der Waals surface area contributed by atoms with E-state index in [-0.39, 0.29) is 10.8 Å². The Morgan fingerprint density at radius 1 is 0.422 bits per heavy atom. The van der Waals surface area contributed by atoms with E-state index in [2.05, 4.69) is 191 Å². The van der Waals surface area contributed by atoms with Crippen molar-refractivity contribution in [3.8, 4) is 56.6 Å². The summed E-state index contributed by atoms with van der Waals surface area (Å²) in [5.74, 6) is 2.99. The molecule has 0 saturated heterocycles. The van der Waals surface area contributed by atoms with E-state index in [1.807, 2.05) is 0 Å². The summed E-state index contributed by atoms with van der Waals surface area (Å²) in [5, 5.41) is 28.9. The third-order valence-electron chi connectivity index (χ3n) is 24.0. The average Bonchev–Trinajstić information content (AvgIpc) is 1.65. The molecule has 420 valence electrons. The minimum Gasteiger partial charge on any atom is -0.308 e. The third-order valence-corrected chi connectivity index (χ3v) is 24.0. The highest BCUT2D eigenvalue weighted by Crippen LogP contribution is 2.71. The summed E-state index contributed by atoms with van der Waals surface area (Å²) in [6, 6.07) is 40.2. The van der Waals surface area contributed by atoms with Crippen molar-refractivity contribution in [2.24, 2.45) is 0 Å². The normalized spacial score (nSPS) is 22.8. The number of fused-ring (bicyclic) bond motifs is 12. The number of hydrogen-bond donors (Lipinski definition) is 0. The van der Waals surface area contributed by atoms with Crippen LogP contribution in [0.2, 0.25) is 0 Å². The monoisotopic (exact) mass is 1090 g/mol. The van der Waals surface area contributed by atoms with Crippen LogP contribution in [0.5, 0.6) is 0 Å². The lowest BCUT2D eigenvalue weighted by atomic mass is 9.41. The summed E-state index contributed by atoms with van der Waals surface area (Å²) >= 11 is 0. The Kier molecular flexibility index (Phi) is 11.8. The van der Waals surface area contributed by atoms with Crippen molar-refractivity contribution in [2.75, 3.05) is 0 Å². The number of aromatic nitrogens is 1. The van der Waals surface area contributed by atoms with Crippen molar-refractivity contribution < 1.29 is 0 Å². The van der Waals surface area contributed by atoms with Crippen molar-refractivity contribution in [1.29, 1.82) is 10.5 Å². The molecule has 3 heteroatoms. The van der Waals surface area contributed by atoms with Gasteiger partial charge in [0.1, 0.15) is 0 Å². The van der Waals surface area contributed by atoms with Crippen LogP contribution in [0, 0.1) is 22.7 Å². The molecule has 9 aromatic rings. The quantitative estimate of drug-likeness (QED) is 0.167. The lowest BCUT2D eigenvalue weighted by Crippen LogP contribution is -2.58. The van der Waals surface area contributed by atoms with Gasteiger partial charge in [-0.1, -0.05) is 176 Å². The zero-order valence-corrected chi connectivity index (χ0v) is 52.0. The summed E-state index contributed by atoms with van der Waals surface area (Å²) < 4.78 is 2.68. The van der Waals surface area contributed by atoms with E-state index in [4.69, 9.17) is 0 Å².